The van der Waals surface area contributed by atoms with Crippen LogP contribution in [0.25, 0.3) is 0 Å². The first-order valence-corrected chi connectivity index (χ1v) is 5.82. The molecular formula is C11H10BrF2NO. The monoisotopic (exact) mass is 289 g/mol. The summed E-state index contributed by atoms with van der Waals surface area (Å²) in [6.07, 6.45) is 1.84. The van der Waals surface area contributed by atoms with E-state index in [2.05, 4.69) is 15.9 Å². The van der Waals surface area contributed by atoms with E-state index in [1.165, 1.54) is 6.07 Å². The van der Waals surface area contributed by atoms with Crippen LogP contribution in [0.4, 0.5) is 8.78 Å². The highest BCUT2D eigenvalue weighted by molar-refractivity contribution is 9.10. The summed E-state index contributed by atoms with van der Waals surface area (Å²) in [7, 11) is 0. The van der Waals surface area contributed by atoms with Crippen molar-refractivity contribution >= 4 is 21.8 Å². The van der Waals surface area contributed by atoms with Gasteiger partial charge in [-0.05, 0) is 25.0 Å². The molecule has 1 aromatic carbocycles. The van der Waals surface area contributed by atoms with Gasteiger partial charge in [0.2, 0.25) is 0 Å². The van der Waals surface area contributed by atoms with E-state index >= 15 is 0 Å². The molecule has 1 aliphatic heterocycles. The number of carbonyl (C=O) groups is 1. The van der Waals surface area contributed by atoms with E-state index in [1.807, 2.05) is 0 Å². The number of amides is 1. The summed E-state index contributed by atoms with van der Waals surface area (Å²) in [5, 5.41) is 0. The highest BCUT2D eigenvalue weighted by atomic mass is 79.9. The number of hydrogen-bond donors (Lipinski definition) is 0. The highest BCUT2D eigenvalue weighted by Gasteiger charge is 2.24. The quantitative estimate of drug-likeness (QED) is 0.728. The minimum Gasteiger partial charge on any atom is -0.339 e. The molecule has 2 nitrogen and oxygen atoms in total. The van der Waals surface area contributed by atoms with Crippen molar-refractivity contribution in [3.05, 3.63) is 33.8 Å². The number of carbonyl (C=O) groups excluding carboxylic acids is 1. The van der Waals surface area contributed by atoms with Gasteiger partial charge in [-0.2, -0.15) is 0 Å². The first kappa shape index (κ1) is 11.5. The summed E-state index contributed by atoms with van der Waals surface area (Å²) >= 11 is 3.05. The number of halogens is 3. The minimum absolute atomic E-state index is 0.200. The lowest BCUT2D eigenvalue weighted by molar-refractivity contribution is 0.0787. The number of nitrogens with zero attached hydrogens (tertiary/aromatic N) is 1. The van der Waals surface area contributed by atoms with Gasteiger partial charge in [0.05, 0.1) is 5.56 Å². The van der Waals surface area contributed by atoms with Crippen molar-refractivity contribution in [1.29, 1.82) is 0 Å². The number of likely N-dealkylation sites (tertiary alicyclic amines) is 1. The van der Waals surface area contributed by atoms with Gasteiger partial charge in [-0.3, -0.25) is 4.79 Å². The first-order valence-electron chi connectivity index (χ1n) is 5.03. The largest absolute Gasteiger partial charge is 0.339 e. The van der Waals surface area contributed by atoms with Crippen molar-refractivity contribution in [2.45, 2.75) is 12.8 Å². The van der Waals surface area contributed by atoms with E-state index in [0.29, 0.717) is 17.6 Å². The van der Waals surface area contributed by atoms with Gasteiger partial charge in [0, 0.05) is 17.6 Å². The summed E-state index contributed by atoms with van der Waals surface area (Å²) in [5.74, 6) is -2.51. The molecular weight excluding hydrogens is 280 g/mol. The fraction of sp³-hybridized carbons (Fsp3) is 0.364. The summed E-state index contributed by atoms with van der Waals surface area (Å²) in [5.41, 5.74) is -0.200. The number of rotatable bonds is 1. The molecule has 86 valence electrons. The van der Waals surface area contributed by atoms with Crippen LogP contribution in [0.1, 0.15) is 23.2 Å². The predicted octanol–water partition coefficient (Wildman–Crippen LogP) is 2.96. The van der Waals surface area contributed by atoms with Gasteiger partial charge < -0.3 is 4.90 Å². The van der Waals surface area contributed by atoms with Gasteiger partial charge in [-0.15, -0.1) is 0 Å². The van der Waals surface area contributed by atoms with Gasteiger partial charge in [-0.25, -0.2) is 8.78 Å². The van der Waals surface area contributed by atoms with E-state index in [4.69, 9.17) is 0 Å². The smallest absolute Gasteiger partial charge is 0.256 e. The Morgan fingerprint density at radius 3 is 2.50 bits per heavy atom. The molecule has 16 heavy (non-hydrogen) atoms. The Kier molecular flexibility index (Phi) is 3.23. The minimum atomic E-state index is -1.07. The van der Waals surface area contributed by atoms with Crippen molar-refractivity contribution in [2.24, 2.45) is 0 Å². The normalized spacial score (nSPS) is 15.6. The Bertz CT molecular complexity index is 430. The molecule has 5 heteroatoms. The molecule has 0 saturated carbocycles. The molecule has 0 N–H and O–H groups in total. The molecule has 0 radical (unpaired) electrons. The van der Waals surface area contributed by atoms with E-state index in [-0.39, 0.29) is 5.56 Å². The fourth-order valence-corrected chi connectivity index (χ4v) is 2.23. The second kappa shape index (κ2) is 4.49. The topological polar surface area (TPSA) is 20.3 Å². The average molecular weight is 290 g/mol. The third-order valence-electron chi connectivity index (χ3n) is 2.62. The van der Waals surface area contributed by atoms with E-state index in [1.54, 1.807) is 4.90 Å². The van der Waals surface area contributed by atoms with E-state index in [9.17, 15) is 13.6 Å². The lowest BCUT2D eigenvalue weighted by atomic mass is 10.2. The Hall–Kier alpha value is -0.970. The second-order valence-electron chi connectivity index (χ2n) is 3.75. The highest BCUT2D eigenvalue weighted by Crippen LogP contribution is 2.22. The molecule has 0 atom stereocenters. The molecule has 1 amide bonds. The van der Waals surface area contributed by atoms with Crippen LogP contribution in [-0.4, -0.2) is 23.9 Å². The summed E-state index contributed by atoms with van der Waals surface area (Å²) in [6.45, 7) is 1.23. The van der Waals surface area contributed by atoms with E-state index < -0.39 is 17.5 Å². The van der Waals surface area contributed by atoms with Gasteiger partial charge in [0.1, 0.15) is 0 Å². The van der Waals surface area contributed by atoms with Crippen molar-refractivity contribution in [3.8, 4) is 0 Å². The Morgan fingerprint density at radius 1 is 1.25 bits per heavy atom. The Balaban J connectivity index is 2.35. The number of benzene rings is 1. The van der Waals surface area contributed by atoms with Crippen LogP contribution in [-0.2, 0) is 0 Å². The molecule has 0 spiro atoms. The maximum atomic E-state index is 13.4. The lowest BCUT2D eigenvalue weighted by Gasteiger charge is -2.15. The first-order chi connectivity index (χ1) is 7.59. The third kappa shape index (κ3) is 2.09. The molecule has 0 aromatic heterocycles. The Labute approximate surface area is 100 Å². The van der Waals surface area contributed by atoms with Crippen LogP contribution in [0.5, 0.6) is 0 Å². The molecule has 2 rings (SSSR count). The summed E-state index contributed by atoms with van der Waals surface area (Å²) in [4.78, 5) is 13.4. The van der Waals surface area contributed by atoms with Crippen molar-refractivity contribution < 1.29 is 13.6 Å². The third-order valence-corrected chi connectivity index (χ3v) is 3.07. The van der Waals surface area contributed by atoms with Crippen LogP contribution in [0, 0.1) is 11.6 Å². The van der Waals surface area contributed by atoms with Gasteiger partial charge in [-0.1, -0.05) is 15.9 Å². The van der Waals surface area contributed by atoms with Crippen LogP contribution in [0.2, 0.25) is 0 Å². The molecule has 1 saturated heterocycles. The lowest BCUT2D eigenvalue weighted by Crippen LogP contribution is -2.28. The number of hydrogen-bond acceptors (Lipinski definition) is 1. The standard InChI is InChI=1S/C11H10BrF2NO/c12-7-5-8(10(14)9(13)6-7)11(16)15-3-1-2-4-15/h5-6H,1-4H2. The predicted molar refractivity (Wildman–Crippen MR) is 59.2 cm³/mol. The molecule has 0 unspecified atom stereocenters. The molecule has 0 bridgehead atoms. The van der Waals surface area contributed by atoms with Crippen LogP contribution >= 0.6 is 15.9 Å². The second-order valence-corrected chi connectivity index (χ2v) is 4.66. The summed E-state index contributed by atoms with van der Waals surface area (Å²) in [6, 6.07) is 2.33. The van der Waals surface area contributed by atoms with Crippen LogP contribution in [0.3, 0.4) is 0 Å². The molecule has 1 aromatic rings. The zero-order valence-corrected chi connectivity index (χ0v) is 10.1. The van der Waals surface area contributed by atoms with Crippen molar-refractivity contribution in [3.63, 3.8) is 0 Å². The van der Waals surface area contributed by atoms with E-state index in [0.717, 1.165) is 18.9 Å². The average Bonchev–Trinajstić information content (AvgIpc) is 2.75. The van der Waals surface area contributed by atoms with Gasteiger partial charge in [0.15, 0.2) is 11.6 Å². The van der Waals surface area contributed by atoms with Crippen molar-refractivity contribution in [1.82, 2.24) is 4.90 Å². The van der Waals surface area contributed by atoms with Gasteiger partial charge in [0.25, 0.3) is 5.91 Å². The van der Waals surface area contributed by atoms with Crippen molar-refractivity contribution in [2.75, 3.05) is 13.1 Å². The maximum absolute atomic E-state index is 13.4. The molecule has 0 aliphatic carbocycles. The van der Waals surface area contributed by atoms with Crippen LogP contribution in [0.15, 0.2) is 16.6 Å². The summed E-state index contributed by atoms with van der Waals surface area (Å²) < 4.78 is 26.9. The molecule has 1 heterocycles. The van der Waals surface area contributed by atoms with Gasteiger partial charge >= 0.3 is 0 Å². The maximum Gasteiger partial charge on any atom is 0.256 e. The zero-order chi connectivity index (χ0) is 11.7. The Morgan fingerprint density at radius 2 is 1.88 bits per heavy atom. The molecule has 1 aliphatic rings. The fourth-order valence-electron chi connectivity index (χ4n) is 1.80. The molecule has 1 fully saturated rings. The zero-order valence-electron chi connectivity index (χ0n) is 8.47. The van der Waals surface area contributed by atoms with Crippen LogP contribution < -0.4 is 0 Å². The SMILES string of the molecule is O=C(c1cc(Br)cc(F)c1F)N1CCCC1.